The molecule has 0 amide bonds. The molecule has 7 heteroatoms. The van der Waals surface area contributed by atoms with Gasteiger partial charge < -0.3 is 14.9 Å². The first-order valence-corrected chi connectivity index (χ1v) is 4.07. The Bertz CT molecular complexity index is 355. The number of aromatic hydroxyl groups is 2. The molecular formula is C8H10ClNO5. The van der Waals surface area contributed by atoms with Gasteiger partial charge in [-0.25, -0.2) is 0 Å². The summed E-state index contributed by atoms with van der Waals surface area (Å²) in [6.07, 6.45) is 0. The molecule has 0 atom stereocenters. The highest BCUT2D eigenvalue weighted by molar-refractivity contribution is 6.32. The summed E-state index contributed by atoms with van der Waals surface area (Å²) in [7, 11) is 3.25. The zero-order chi connectivity index (χ0) is 12.0. The predicted octanol–water partition coefficient (Wildman–Crippen LogP) is 1.92. The Morgan fingerprint density at radius 3 is 2.20 bits per heavy atom. The van der Waals surface area contributed by atoms with Crippen molar-refractivity contribution in [2.75, 3.05) is 14.2 Å². The van der Waals surface area contributed by atoms with Gasteiger partial charge in [-0.15, -0.1) is 0 Å². The number of nitro groups is 1. The maximum Gasteiger partial charge on any atom is 0.314 e. The van der Waals surface area contributed by atoms with E-state index in [0.717, 1.165) is 12.1 Å². The molecule has 0 bridgehead atoms. The fourth-order valence-corrected chi connectivity index (χ4v) is 0.844. The molecular weight excluding hydrogens is 226 g/mol. The fourth-order valence-electron chi connectivity index (χ4n) is 0.687. The monoisotopic (exact) mass is 235 g/mol. The van der Waals surface area contributed by atoms with Gasteiger partial charge in [-0.2, -0.15) is 0 Å². The fraction of sp³-hybridized carbons (Fsp3) is 0.250. The molecule has 0 fully saturated rings. The number of nitro benzene ring substituents is 1. The normalized spacial score (nSPS) is 9.00. The standard InChI is InChI=1S/C6H4ClNO4.C2H6O/c7-3-1-6(10)4(8(11)12)2-5(3)9;1-3-2/h1-2,9-10H;1-2H3. The van der Waals surface area contributed by atoms with E-state index in [1.807, 2.05) is 0 Å². The number of hydrogen-bond acceptors (Lipinski definition) is 5. The van der Waals surface area contributed by atoms with Crippen LogP contribution in [0, 0.1) is 10.1 Å². The van der Waals surface area contributed by atoms with Crippen LogP contribution in [0.4, 0.5) is 5.69 Å². The van der Waals surface area contributed by atoms with Crippen molar-refractivity contribution in [2.45, 2.75) is 0 Å². The first-order valence-electron chi connectivity index (χ1n) is 3.70. The highest BCUT2D eigenvalue weighted by atomic mass is 35.5. The van der Waals surface area contributed by atoms with Gasteiger partial charge in [0.2, 0.25) is 0 Å². The molecule has 0 saturated carbocycles. The molecule has 0 radical (unpaired) electrons. The maximum atomic E-state index is 10.2. The number of methoxy groups -OCH3 is 1. The molecule has 84 valence electrons. The Hall–Kier alpha value is -1.53. The SMILES string of the molecule is COC.O=[N+]([O-])c1cc(O)c(Cl)cc1O. The van der Waals surface area contributed by atoms with Crippen LogP contribution in [-0.4, -0.2) is 29.4 Å². The van der Waals surface area contributed by atoms with Crippen LogP contribution >= 0.6 is 11.6 Å². The van der Waals surface area contributed by atoms with Gasteiger partial charge in [0.15, 0.2) is 5.75 Å². The van der Waals surface area contributed by atoms with Crippen LogP contribution in [0.3, 0.4) is 0 Å². The summed E-state index contributed by atoms with van der Waals surface area (Å²) in [4.78, 5) is 9.36. The van der Waals surface area contributed by atoms with E-state index in [0.29, 0.717) is 0 Å². The van der Waals surface area contributed by atoms with Crippen molar-refractivity contribution in [3.05, 3.63) is 27.3 Å². The van der Waals surface area contributed by atoms with Crippen molar-refractivity contribution < 1.29 is 19.9 Å². The lowest BCUT2D eigenvalue weighted by molar-refractivity contribution is -0.385. The molecule has 0 unspecified atom stereocenters. The van der Waals surface area contributed by atoms with Crippen molar-refractivity contribution in [3.8, 4) is 11.5 Å². The number of benzene rings is 1. The van der Waals surface area contributed by atoms with Crippen molar-refractivity contribution in [2.24, 2.45) is 0 Å². The summed E-state index contributed by atoms with van der Waals surface area (Å²) >= 11 is 5.36. The lowest BCUT2D eigenvalue weighted by Crippen LogP contribution is -1.88. The summed E-state index contributed by atoms with van der Waals surface area (Å²) in [5.74, 6) is -0.996. The Morgan fingerprint density at radius 2 is 1.80 bits per heavy atom. The van der Waals surface area contributed by atoms with Crippen LogP contribution in [0.25, 0.3) is 0 Å². The number of nitrogens with zero attached hydrogens (tertiary/aromatic N) is 1. The van der Waals surface area contributed by atoms with E-state index in [1.165, 1.54) is 0 Å². The highest BCUT2D eigenvalue weighted by Gasteiger charge is 2.15. The lowest BCUT2D eigenvalue weighted by atomic mass is 10.3. The second-order valence-corrected chi connectivity index (χ2v) is 2.86. The third kappa shape index (κ3) is 4.01. The maximum absolute atomic E-state index is 10.2. The predicted molar refractivity (Wildman–Crippen MR) is 54.4 cm³/mol. The molecule has 2 N–H and O–H groups in total. The first-order chi connectivity index (χ1) is 6.93. The third-order valence-electron chi connectivity index (χ3n) is 1.24. The Labute approximate surface area is 90.8 Å². The zero-order valence-electron chi connectivity index (χ0n) is 8.10. The summed E-state index contributed by atoms with van der Waals surface area (Å²) in [5.41, 5.74) is -0.572. The molecule has 0 spiro atoms. The van der Waals surface area contributed by atoms with Crippen molar-refractivity contribution in [3.63, 3.8) is 0 Å². The topological polar surface area (TPSA) is 92.8 Å². The van der Waals surface area contributed by atoms with Crippen LogP contribution in [0.1, 0.15) is 0 Å². The minimum Gasteiger partial charge on any atom is -0.506 e. The third-order valence-corrected chi connectivity index (χ3v) is 1.54. The van der Waals surface area contributed by atoms with Crippen molar-refractivity contribution in [1.29, 1.82) is 0 Å². The largest absolute Gasteiger partial charge is 0.506 e. The number of ether oxygens (including phenoxy) is 1. The molecule has 1 aromatic rings. The van der Waals surface area contributed by atoms with Gasteiger partial charge in [-0.3, -0.25) is 10.1 Å². The molecule has 0 aromatic heterocycles. The average Bonchev–Trinajstić information content (AvgIpc) is 2.12. The van der Waals surface area contributed by atoms with Crippen molar-refractivity contribution in [1.82, 2.24) is 0 Å². The van der Waals surface area contributed by atoms with Crippen LogP contribution < -0.4 is 0 Å². The Kier molecular flexibility index (Phi) is 5.43. The zero-order valence-corrected chi connectivity index (χ0v) is 8.85. The number of phenolic OH excluding ortho intramolecular Hbond substituents is 2. The molecule has 1 aromatic carbocycles. The molecule has 0 saturated heterocycles. The van der Waals surface area contributed by atoms with Gasteiger partial charge in [0, 0.05) is 20.3 Å². The highest BCUT2D eigenvalue weighted by Crippen LogP contribution is 2.35. The second-order valence-electron chi connectivity index (χ2n) is 2.46. The quantitative estimate of drug-likeness (QED) is 0.441. The molecule has 6 nitrogen and oxygen atoms in total. The van der Waals surface area contributed by atoms with E-state index in [4.69, 9.17) is 21.8 Å². The van der Waals surface area contributed by atoms with Crippen LogP contribution in [-0.2, 0) is 4.74 Å². The van der Waals surface area contributed by atoms with Gasteiger partial charge in [-0.05, 0) is 0 Å². The number of phenols is 2. The first kappa shape index (κ1) is 13.5. The summed E-state index contributed by atoms with van der Waals surface area (Å²) in [6.45, 7) is 0. The second kappa shape index (κ2) is 6.05. The van der Waals surface area contributed by atoms with Gasteiger partial charge >= 0.3 is 5.69 Å². The smallest absolute Gasteiger partial charge is 0.314 e. The summed E-state index contributed by atoms with van der Waals surface area (Å²) in [6, 6.07) is 1.70. The van der Waals surface area contributed by atoms with Gasteiger partial charge in [0.05, 0.1) is 16.0 Å². The Balaban J connectivity index is 0.000000583. The minimum atomic E-state index is -0.814. The molecule has 15 heavy (non-hydrogen) atoms. The summed E-state index contributed by atoms with van der Waals surface area (Å²) in [5, 5.41) is 27.9. The van der Waals surface area contributed by atoms with Crippen LogP contribution in [0.15, 0.2) is 12.1 Å². The lowest BCUT2D eigenvalue weighted by Gasteiger charge is -1.98. The van der Waals surface area contributed by atoms with Crippen LogP contribution in [0.2, 0.25) is 5.02 Å². The van der Waals surface area contributed by atoms with E-state index < -0.39 is 22.1 Å². The molecule has 0 aliphatic carbocycles. The van der Waals surface area contributed by atoms with E-state index >= 15 is 0 Å². The van der Waals surface area contributed by atoms with E-state index in [9.17, 15) is 10.1 Å². The molecule has 0 aliphatic heterocycles. The van der Waals surface area contributed by atoms with Gasteiger partial charge in [-0.1, -0.05) is 11.6 Å². The van der Waals surface area contributed by atoms with E-state index in [1.54, 1.807) is 14.2 Å². The van der Waals surface area contributed by atoms with E-state index in [-0.39, 0.29) is 5.02 Å². The number of rotatable bonds is 1. The van der Waals surface area contributed by atoms with Crippen LogP contribution in [0.5, 0.6) is 11.5 Å². The van der Waals surface area contributed by atoms with Gasteiger partial charge in [0.1, 0.15) is 5.75 Å². The van der Waals surface area contributed by atoms with Gasteiger partial charge in [0.25, 0.3) is 0 Å². The molecule has 0 aliphatic rings. The van der Waals surface area contributed by atoms with E-state index in [2.05, 4.69) is 4.74 Å². The average molecular weight is 236 g/mol. The number of hydrogen-bond donors (Lipinski definition) is 2. The molecule has 0 heterocycles. The number of halogens is 1. The minimum absolute atomic E-state index is 0.127. The molecule has 1 rings (SSSR count). The Morgan fingerprint density at radius 1 is 1.33 bits per heavy atom. The van der Waals surface area contributed by atoms with Crippen molar-refractivity contribution >= 4 is 17.3 Å². The summed E-state index contributed by atoms with van der Waals surface area (Å²) < 4.78 is 4.25.